The maximum Gasteiger partial charge on any atom is 0.155 e. The number of aliphatic imine (C=N–C) groups is 1. The molecule has 0 spiro atoms. The fraction of sp³-hybridized carbons (Fsp3) is 0.778. The second-order valence-electron chi connectivity index (χ2n) is 3.11. The summed E-state index contributed by atoms with van der Waals surface area (Å²) in [5.74, 6) is 0. The summed E-state index contributed by atoms with van der Waals surface area (Å²) in [6, 6.07) is 2.03. The van der Waals surface area contributed by atoms with Crippen LogP contribution in [0.5, 0.6) is 0 Å². The predicted molar refractivity (Wildman–Crippen MR) is 49.0 cm³/mol. The van der Waals surface area contributed by atoms with Crippen molar-refractivity contribution >= 4 is 6.34 Å². The smallest absolute Gasteiger partial charge is 0.155 e. The third-order valence-corrected chi connectivity index (χ3v) is 2.02. The highest BCUT2D eigenvalue weighted by atomic mass is 15.2. The van der Waals surface area contributed by atoms with Gasteiger partial charge >= 0.3 is 0 Å². The average Bonchev–Trinajstić information content (AvgIpc) is 2.53. The quantitative estimate of drug-likeness (QED) is 0.591. The fourth-order valence-electron chi connectivity index (χ4n) is 1.28. The van der Waals surface area contributed by atoms with Gasteiger partial charge in [-0.05, 0) is 6.42 Å². The Hall–Kier alpha value is -1.04. The van der Waals surface area contributed by atoms with E-state index in [-0.39, 0.29) is 6.04 Å². The first-order chi connectivity index (χ1) is 5.86. The van der Waals surface area contributed by atoms with Crippen LogP contribution in [0.3, 0.4) is 0 Å². The third-order valence-electron chi connectivity index (χ3n) is 2.02. The summed E-state index contributed by atoms with van der Waals surface area (Å²) < 4.78 is 0. The fourth-order valence-corrected chi connectivity index (χ4v) is 1.28. The predicted octanol–water partition coefficient (Wildman–Crippen LogP) is 1.41. The van der Waals surface area contributed by atoms with Crippen molar-refractivity contribution in [1.29, 1.82) is 5.26 Å². The number of rotatable bonds is 4. The van der Waals surface area contributed by atoms with Gasteiger partial charge in [0.1, 0.15) is 0 Å². The molecule has 0 saturated carbocycles. The zero-order valence-electron chi connectivity index (χ0n) is 7.53. The second kappa shape index (κ2) is 4.76. The Kier molecular flexibility index (Phi) is 3.59. The molecule has 1 atom stereocenters. The van der Waals surface area contributed by atoms with Crippen LogP contribution in [0.1, 0.15) is 26.2 Å². The Bertz CT molecular complexity index is 192. The molecule has 1 aliphatic rings. The summed E-state index contributed by atoms with van der Waals surface area (Å²) in [5, 5.41) is 8.56. The van der Waals surface area contributed by atoms with Gasteiger partial charge in [-0.1, -0.05) is 19.8 Å². The lowest BCUT2D eigenvalue weighted by atomic mass is 10.2. The van der Waals surface area contributed by atoms with Crippen LogP contribution in [0, 0.1) is 11.3 Å². The standard InChI is InChI=1S/C9H15N3/c1-2-3-4-5-12-7-9(6-10)11-8-12/h8-9H,2-5,7H2,1H3. The summed E-state index contributed by atoms with van der Waals surface area (Å²) in [6.07, 6.45) is 5.53. The first-order valence-electron chi connectivity index (χ1n) is 4.53. The molecule has 0 aromatic heterocycles. The highest BCUT2D eigenvalue weighted by Crippen LogP contribution is 2.04. The molecule has 1 aliphatic heterocycles. The maximum absolute atomic E-state index is 8.56. The molecular weight excluding hydrogens is 150 g/mol. The van der Waals surface area contributed by atoms with Gasteiger partial charge < -0.3 is 4.90 Å². The Labute approximate surface area is 73.7 Å². The molecular formula is C9H15N3. The molecule has 0 N–H and O–H groups in total. The highest BCUT2D eigenvalue weighted by molar-refractivity contribution is 5.58. The lowest BCUT2D eigenvalue weighted by Gasteiger charge is -2.13. The molecule has 12 heavy (non-hydrogen) atoms. The van der Waals surface area contributed by atoms with Crippen molar-refractivity contribution in [3.8, 4) is 6.07 Å². The summed E-state index contributed by atoms with van der Waals surface area (Å²) in [7, 11) is 0. The minimum Gasteiger partial charge on any atom is -0.360 e. The molecule has 3 nitrogen and oxygen atoms in total. The lowest BCUT2D eigenvalue weighted by Crippen LogP contribution is -2.23. The molecule has 0 bridgehead atoms. The van der Waals surface area contributed by atoms with Gasteiger partial charge in [0.05, 0.1) is 19.0 Å². The Balaban J connectivity index is 2.13. The molecule has 1 rings (SSSR count). The molecule has 0 aromatic carbocycles. The Morgan fingerprint density at radius 3 is 3.08 bits per heavy atom. The van der Waals surface area contributed by atoms with E-state index >= 15 is 0 Å². The molecule has 1 unspecified atom stereocenters. The summed E-state index contributed by atoms with van der Waals surface area (Å²) in [5.41, 5.74) is 0. The van der Waals surface area contributed by atoms with Gasteiger partial charge in [-0.2, -0.15) is 5.26 Å². The van der Waals surface area contributed by atoms with Crippen LogP contribution in [-0.2, 0) is 0 Å². The van der Waals surface area contributed by atoms with Gasteiger partial charge in [0.15, 0.2) is 6.04 Å². The Morgan fingerprint density at radius 1 is 1.67 bits per heavy atom. The van der Waals surface area contributed by atoms with E-state index in [1.54, 1.807) is 0 Å². The van der Waals surface area contributed by atoms with Crippen molar-refractivity contribution < 1.29 is 0 Å². The van der Waals surface area contributed by atoms with Gasteiger partial charge in [-0.25, -0.2) is 0 Å². The van der Waals surface area contributed by atoms with E-state index in [1.165, 1.54) is 19.3 Å². The van der Waals surface area contributed by atoms with E-state index < -0.39 is 0 Å². The first-order valence-corrected chi connectivity index (χ1v) is 4.53. The van der Waals surface area contributed by atoms with Gasteiger partial charge in [-0.3, -0.25) is 4.99 Å². The number of nitrogens with zero attached hydrogens (tertiary/aromatic N) is 3. The molecule has 0 amide bonds. The minimum absolute atomic E-state index is 0.119. The third kappa shape index (κ3) is 2.54. The average molecular weight is 165 g/mol. The summed E-state index contributed by atoms with van der Waals surface area (Å²) in [4.78, 5) is 6.18. The van der Waals surface area contributed by atoms with Crippen LogP contribution in [0.15, 0.2) is 4.99 Å². The van der Waals surface area contributed by atoms with Gasteiger partial charge in [-0.15, -0.1) is 0 Å². The van der Waals surface area contributed by atoms with E-state index in [1.807, 2.05) is 6.34 Å². The molecule has 0 saturated heterocycles. The molecule has 0 aromatic rings. The van der Waals surface area contributed by atoms with Crippen LogP contribution >= 0.6 is 0 Å². The van der Waals surface area contributed by atoms with Crippen LogP contribution in [0.25, 0.3) is 0 Å². The Morgan fingerprint density at radius 2 is 2.50 bits per heavy atom. The topological polar surface area (TPSA) is 39.4 Å². The van der Waals surface area contributed by atoms with Crippen molar-refractivity contribution in [2.75, 3.05) is 13.1 Å². The van der Waals surface area contributed by atoms with Gasteiger partial charge in [0.2, 0.25) is 0 Å². The normalized spacial score (nSPS) is 21.3. The first kappa shape index (κ1) is 9.05. The zero-order valence-corrected chi connectivity index (χ0v) is 7.53. The number of nitriles is 1. The van der Waals surface area contributed by atoms with Crippen molar-refractivity contribution in [3.63, 3.8) is 0 Å². The van der Waals surface area contributed by atoms with Crippen LogP contribution in [0.2, 0.25) is 0 Å². The molecule has 0 aliphatic carbocycles. The van der Waals surface area contributed by atoms with Crippen molar-refractivity contribution in [1.82, 2.24) is 4.90 Å². The van der Waals surface area contributed by atoms with E-state index in [0.717, 1.165) is 13.1 Å². The zero-order chi connectivity index (χ0) is 8.81. The van der Waals surface area contributed by atoms with Crippen LogP contribution in [-0.4, -0.2) is 30.4 Å². The summed E-state index contributed by atoms with van der Waals surface area (Å²) in [6.45, 7) is 4.03. The van der Waals surface area contributed by atoms with E-state index in [9.17, 15) is 0 Å². The molecule has 66 valence electrons. The van der Waals surface area contributed by atoms with Crippen LogP contribution < -0.4 is 0 Å². The number of hydrogen-bond acceptors (Lipinski definition) is 3. The maximum atomic E-state index is 8.56. The highest BCUT2D eigenvalue weighted by Gasteiger charge is 2.14. The monoisotopic (exact) mass is 165 g/mol. The van der Waals surface area contributed by atoms with Gasteiger partial charge in [0, 0.05) is 6.54 Å². The molecule has 0 fully saturated rings. The number of unbranched alkanes of at least 4 members (excludes halogenated alkanes) is 2. The van der Waals surface area contributed by atoms with Crippen molar-refractivity contribution in [3.05, 3.63) is 0 Å². The summed E-state index contributed by atoms with van der Waals surface area (Å²) >= 11 is 0. The largest absolute Gasteiger partial charge is 0.360 e. The van der Waals surface area contributed by atoms with E-state index in [2.05, 4.69) is 22.9 Å². The van der Waals surface area contributed by atoms with Crippen molar-refractivity contribution in [2.45, 2.75) is 32.2 Å². The molecule has 3 heteroatoms. The number of hydrogen-bond donors (Lipinski definition) is 0. The second-order valence-corrected chi connectivity index (χ2v) is 3.11. The van der Waals surface area contributed by atoms with Crippen LogP contribution in [0.4, 0.5) is 0 Å². The molecule has 1 heterocycles. The SMILES string of the molecule is CCCCCN1C=NC(C#N)C1. The van der Waals surface area contributed by atoms with E-state index in [4.69, 9.17) is 5.26 Å². The van der Waals surface area contributed by atoms with E-state index in [0.29, 0.717) is 0 Å². The van der Waals surface area contributed by atoms with Crippen molar-refractivity contribution in [2.24, 2.45) is 4.99 Å². The molecule has 0 radical (unpaired) electrons. The minimum atomic E-state index is -0.119. The van der Waals surface area contributed by atoms with Gasteiger partial charge in [0.25, 0.3) is 0 Å². The lowest BCUT2D eigenvalue weighted by molar-refractivity contribution is 0.433.